The van der Waals surface area contributed by atoms with Crippen LogP contribution in [-0.4, -0.2) is 25.6 Å². The Labute approximate surface area is 115 Å². The van der Waals surface area contributed by atoms with Crippen molar-refractivity contribution in [3.8, 4) is 5.69 Å². The molecule has 0 spiro atoms. The summed E-state index contributed by atoms with van der Waals surface area (Å²) in [5, 5.41) is 9.11. The summed E-state index contributed by atoms with van der Waals surface area (Å²) in [5.74, 6) is -0.0801. The quantitative estimate of drug-likeness (QED) is 0.792. The maximum absolute atomic E-state index is 11.1. The second kappa shape index (κ2) is 4.77. The molecule has 20 heavy (non-hydrogen) atoms. The predicted molar refractivity (Wildman–Crippen MR) is 75.2 cm³/mol. The summed E-state index contributed by atoms with van der Waals surface area (Å²) in [6, 6.07) is 10.5. The number of hydrogen-bond acceptors (Lipinski definition) is 3. The van der Waals surface area contributed by atoms with E-state index in [1.54, 1.807) is 24.4 Å². The maximum Gasteiger partial charge on any atom is 0.335 e. The molecule has 1 N–H and O–H groups in total. The highest BCUT2D eigenvalue weighted by molar-refractivity contribution is 5.88. The molecule has 0 fully saturated rings. The first-order valence-electron chi connectivity index (χ1n) is 6.36. The molecule has 100 valence electrons. The standard InChI is InChI=1S/C15H13N3O2/c1-2-13-17-12-7-4-8-16-14(12)18(13)11-6-3-5-10(9-11)15(19)20/h3-9H,2H2,1H3,(H,19,20). The summed E-state index contributed by atoms with van der Waals surface area (Å²) in [6.07, 6.45) is 2.45. The number of hydrogen-bond donors (Lipinski definition) is 1. The minimum atomic E-state index is -0.942. The fourth-order valence-corrected chi connectivity index (χ4v) is 2.25. The molecule has 0 saturated carbocycles. The number of aryl methyl sites for hydroxylation is 1. The Kier molecular flexibility index (Phi) is 2.95. The van der Waals surface area contributed by atoms with Crippen molar-refractivity contribution in [2.24, 2.45) is 0 Å². The molecule has 0 unspecified atom stereocenters. The van der Waals surface area contributed by atoms with Gasteiger partial charge in [0.2, 0.25) is 0 Å². The molecule has 0 bridgehead atoms. The number of aromatic nitrogens is 3. The molecule has 0 amide bonds. The molecular formula is C15H13N3O2. The molecule has 5 heteroatoms. The zero-order chi connectivity index (χ0) is 14.1. The van der Waals surface area contributed by atoms with Gasteiger partial charge < -0.3 is 5.11 Å². The molecule has 3 rings (SSSR count). The zero-order valence-electron chi connectivity index (χ0n) is 10.9. The van der Waals surface area contributed by atoms with E-state index in [0.717, 1.165) is 29.1 Å². The summed E-state index contributed by atoms with van der Waals surface area (Å²) >= 11 is 0. The second-order valence-electron chi connectivity index (χ2n) is 4.42. The Morgan fingerprint density at radius 1 is 1.30 bits per heavy atom. The van der Waals surface area contributed by atoms with Crippen LogP contribution in [0.5, 0.6) is 0 Å². The third kappa shape index (κ3) is 1.93. The van der Waals surface area contributed by atoms with E-state index in [2.05, 4.69) is 9.97 Å². The molecular weight excluding hydrogens is 254 g/mol. The molecule has 3 aromatic rings. The van der Waals surface area contributed by atoms with Gasteiger partial charge in [0.15, 0.2) is 5.65 Å². The number of aromatic carboxylic acids is 1. The van der Waals surface area contributed by atoms with Gasteiger partial charge in [-0.05, 0) is 30.3 Å². The third-order valence-electron chi connectivity index (χ3n) is 3.15. The molecule has 2 aromatic heterocycles. The van der Waals surface area contributed by atoms with Crippen LogP contribution in [0.25, 0.3) is 16.9 Å². The van der Waals surface area contributed by atoms with E-state index in [-0.39, 0.29) is 5.56 Å². The van der Waals surface area contributed by atoms with Gasteiger partial charge in [-0.15, -0.1) is 0 Å². The van der Waals surface area contributed by atoms with Gasteiger partial charge >= 0.3 is 5.97 Å². The van der Waals surface area contributed by atoms with Crippen molar-refractivity contribution in [3.05, 3.63) is 54.0 Å². The molecule has 2 heterocycles. The van der Waals surface area contributed by atoms with Crippen LogP contribution in [0.3, 0.4) is 0 Å². The van der Waals surface area contributed by atoms with Crippen molar-refractivity contribution in [1.82, 2.24) is 14.5 Å². The Hall–Kier alpha value is -2.69. The fourth-order valence-electron chi connectivity index (χ4n) is 2.25. The minimum absolute atomic E-state index is 0.252. The van der Waals surface area contributed by atoms with E-state index in [0.29, 0.717) is 0 Å². The first-order chi connectivity index (χ1) is 9.70. The lowest BCUT2D eigenvalue weighted by Crippen LogP contribution is -2.03. The van der Waals surface area contributed by atoms with Crippen molar-refractivity contribution in [1.29, 1.82) is 0 Å². The predicted octanol–water partition coefficient (Wildman–Crippen LogP) is 2.68. The van der Waals surface area contributed by atoms with E-state index in [1.165, 1.54) is 0 Å². The largest absolute Gasteiger partial charge is 0.478 e. The van der Waals surface area contributed by atoms with Gasteiger partial charge in [-0.2, -0.15) is 0 Å². The van der Waals surface area contributed by atoms with Crippen molar-refractivity contribution >= 4 is 17.1 Å². The topological polar surface area (TPSA) is 68.0 Å². The highest BCUT2D eigenvalue weighted by atomic mass is 16.4. The van der Waals surface area contributed by atoms with Crippen LogP contribution >= 0.6 is 0 Å². The summed E-state index contributed by atoms with van der Waals surface area (Å²) in [5.41, 5.74) is 2.57. The molecule has 5 nitrogen and oxygen atoms in total. The Morgan fingerprint density at radius 2 is 2.15 bits per heavy atom. The third-order valence-corrected chi connectivity index (χ3v) is 3.15. The number of nitrogens with zero attached hydrogens (tertiary/aromatic N) is 3. The average molecular weight is 267 g/mol. The molecule has 0 saturated heterocycles. The average Bonchev–Trinajstić information content (AvgIpc) is 2.85. The number of fused-ring (bicyclic) bond motifs is 1. The van der Waals surface area contributed by atoms with Gasteiger partial charge in [-0.25, -0.2) is 14.8 Å². The maximum atomic E-state index is 11.1. The molecule has 0 atom stereocenters. The zero-order valence-corrected chi connectivity index (χ0v) is 10.9. The number of carboxylic acids is 1. The van der Waals surface area contributed by atoms with Gasteiger partial charge in [0, 0.05) is 18.3 Å². The smallest absolute Gasteiger partial charge is 0.335 e. The van der Waals surface area contributed by atoms with Crippen LogP contribution in [0.1, 0.15) is 23.1 Å². The highest BCUT2D eigenvalue weighted by Gasteiger charge is 2.13. The second-order valence-corrected chi connectivity index (χ2v) is 4.42. The SMILES string of the molecule is CCc1nc2cccnc2n1-c1cccc(C(=O)O)c1. The number of benzene rings is 1. The Balaban J connectivity index is 2.28. The van der Waals surface area contributed by atoms with Crippen molar-refractivity contribution < 1.29 is 9.90 Å². The van der Waals surface area contributed by atoms with Gasteiger partial charge in [0.25, 0.3) is 0 Å². The van der Waals surface area contributed by atoms with Crippen LogP contribution in [0.4, 0.5) is 0 Å². The van der Waals surface area contributed by atoms with Gasteiger partial charge in [0.05, 0.1) is 5.56 Å². The number of pyridine rings is 1. The molecule has 0 radical (unpaired) electrons. The number of imidazole rings is 1. The summed E-state index contributed by atoms with van der Waals surface area (Å²) in [6.45, 7) is 2.01. The van der Waals surface area contributed by atoms with Crippen molar-refractivity contribution in [2.45, 2.75) is 13.3 Å². The van der Waals surface area contributed by atoms with Crippen LogP contribution < -0.4 is 0 Å². The van der Waals surface area contributed by atoms with Crippen molar-refractivity contribution in [3.63, 3.8) is 0 Å². The van der Waals surface area contributed by atoms with Crippen LogP contribution in [-0.2, 0) is 6.42 Å². The minimum Gasteiger partial charge on any atom is -0.478 e. The van der Waals surface area contributed by atoms with Crippen LogP contribution in [0.2, 0.25) is 0 Å². The molecule has 1 aromatic carbocycles. The summed E-state index contributed by atoms with van der Waals surface area (Å²) in [4.78, 5) is 20.0. The van der Waals surface area contributed by atoms with Crippen molar-refractivity contribution in [2.75, 3.05) is 0 Å². The summed E-state index contributed by atoms with van der Waals surface area (Å²) in [7, 11) is 0. The summed E-state index contributed by atoms with van der Waals surface area (Å²) < 4.78 is 1.90. The lowest BCUT2D eigenvalue weighted by Gasteiger charge is -2.08. The molecule has 0 aliphatic carbocycles. The molecule has 0 aliphatic rings. The normalized spacial score (nSPS) is 10.8. The fraction of sp³-hybridized carbons (Fsp3) is 0.133. The van der Waals surface area contributed by atoms with Crippen LogP contribution in [0, 0.1) is 0 Å². The lowest BCUT2D eigenvalue weighted by atomic mass is 10.2. The van der Waals surface area contributed by atoms with E-state index in [4.69, 9.17) is 5.11 Å². The first-order valence-corrected chi connectivity index (χ1v) is 6.36. The Morgan fingerprint density at radius 3 is 2.90 bits per heavy atom. The van der Waals surface area contributed by atoms with Gasteiger partial charge in [-0.1, -0.05) is 13.0 Å². The van der Waals surface area contributed by atoms with E-state index in [9.17, 15) is 4.79 Å². The monoisotopic (exact) mass is 267 g/mol. The van der Waals surface area contributed by atoms with Gasteiger partial charge in [0.1, 0.15) is 11.3 Å². The highest BCUT2D eigenvalue weighted by Crippen LogP contribution is 2.21. The van der Waals surface area contributed by atoms with Crippen LogP contribution in [0.15, 0.2) is 42.6 Å². The number of rotatable bonds is 3. The lowest BCUT2D eigenvalue weighted by molar-refractivity contribution is 0.0697. The number of carboxylic acid groups (broad SMARTS) is 1. The first kappa shape index (κ1) is 12.3. The van der Waals surface area contributed by atoms with E-state index < -0.39 is 5.97 Å². The number of carbonyl (C=O) groups is 1. The Bertz CT molecular complexity index is 793. The molecule has 0 aliphatic heterocycles. The van der Waals surface area contributed by atoms with E-state index in [1.807, 2.05) is 29.7 Å². The van der Waals surface area contributed by atoms with E-state index >= 15 is 0 Å². The van der Waals surface area contributed by atoms with Gasteiger partial charge in [-0.3, -0.25) is 4.57 Å².